The van der Waals surface area contributed by atoms with Gasteiger partial charge in [0, 0.05) is 32.5 Å². The number of aromatic nitrogens is 1. The van der Waals surface area contributed by atoms with Crippen molar-refractivity contribution in [1.82, 2.24) is 15.2 Å². The van der Waals surface area contributed by atoms with Crippen molar-refractivity contribution in [3.8, 4) is 0 Å². The van der Waals surface area contributed by atoms with Gasteiger partial charge in [0.15, 0.2) is 0 Å². The third kappa shape index (κ3) is 8.52. The zero-order chi connectivity index (χ0) is 23.0. The molecule has 0 unspecified atom stereocenters. The predicted molar refractivity (Wildman–Crippen MR) is 103 cm³/mol. The van der Waals surface area contributed by atoms with Crippen LogP contribution in [0.4, 0.5) is 13.2 Å². The molecule has 2 amide bonds. The summed E-state index contributed by atoms with van der Waals surface area (Å²) in [6.45, 7) is 2.95. The van der Waals surface area contributed by atoms with Gasteiger partial charge in [-0.15, -0.1) is 0 Å². The molecule has 2 N–H and O–H groups in total. The van der Waals surface area contributed by atoms with E-state index in [0.717, 1.165) is 25.0 Å². The van der Waals surface area contributed by atoms with E-state index in [1.807, 2.05) is 23.2 Å². The first-order valence-corrected chi connectivity index (χ1v) is 9.92. The molecule has 0 bridgehead atoms. The number of carboxylic acid groups (broad SMARTS) is 1. The molecule has 8 nitrogen and oxygen atoms in total. The van der Waals surface area contributed by atoms with Crippen LogP contribution in [0.1, 0.15) is 31.7 Å². The van der Waals surface area contributed by atoms with Crippen molar-refractivity contribution in [1.29, 1.82) is 0 Å². The normalized spacial score (nSPS) is 20.6. The molecule has 11 heteroatoms. The van der Waals surface area contributed by atoms with Crippen LogP contribution in [-0.4, -0.2) is 70.8 Å². The summed E-state index contributed by atoms with van der Waals surface area (Å²) in [6, 6.07) is 3.95. The number of nitrogens with zero attached hydrogens (tertiary/aromatic N) is 2. The molecule has 1 aliphatic heterocycles. The average Bonchev–Trinajstić information content (AvgIpc) is 3.45. The number of carboxylic acids is 1. The molecule has 172 valence electrons. The fourth-order valence-corrected chi connectivity index (χ4v) is 3.18. The Morgan fingerprint density at radius 1 is 1.29 bits per heavy atom. The minimum Gasteiger partial charge on any atom is -0.475 e. The van der Waals surface area contributed by atoms with Gasteiger partial charge in [-0.2, -0.15) is 13.2 Å². The summed E-state index contributed by atoms with van der Waals surface area (Å²) in [5, 5.41) is 9.72. The fourth-order valence-electron chi connectivity index (χ4n) is 3.18. The van der Waals surface area contributed by atoms with E-state index in [4.69, 9.17) is 14.6 Å². The molecule has 31 heavy (non-hydrogen) atoms. The summed E-state index contributed by atoms with van der Waals surface area (Å²) in [6.07, 6.45) is 2.66. The number of rotatable bonds is 7. The van der Waals surface area contributed by atoms with Crippen molar-refractivity contribution < 1.29 is 37.4 Å². The molecule has 0 aromatic carbocycles. The highest BCUT2D eigenvalue weighted by Crippen LogP contribution is 2.31. The zero-order valence-corrected chi connectivity index (χ0v) is 17.1. The first-order valence-electron chi connectivity index (χ1n) is 9.92. The van der Waals surface area contributed by atoms with Crippen molar-refractivity contribution >= 4 is 17.8 Å². The number of amides is 2. The summed E-state index contributed by atoms with van der Waals surface area (Å²) >= 11 is 0. The van der Waals surface area contributed by atoms with Gasteiger partial charge < -0.3 is 20.1 Å². The largest absolute Gasteiger partial charge is 0.490 e. The number of hydrogen-bond acceptors (Lipinski definition) is 5. The third-order valence-electron chi connectivity index (χ3n) is 4.95. The second-order valence-electron chi connectivity index (χ2n) is 7.54. The van der Waals surface area contributed by atoms with Crippen LogP contribution in [0.2, 0.25) is 0 Å². The van der Waals surface area contributed by atoms with E-state index in [0.29, 0.717) is 12.5 Å². The number of halogens is 3. The minimum atomic E-state index is -5.08. The van der Waals surface area contributed by atoms with Crippen LogP contribution in [0.15, 0.2) is 24.5 Å². The highest BCUT2D eigenvalue weighted by molar-refractivity contribution is 5.84. The first-order chi connectivity index (χ1) is 14.6. The van der Waals surface area contributed by atoms with Crippen LogP contribution in [0.3, 0.4) is 0 Å². The number of ether oxygens (including phenoxy) is 1. The second-order valence-corrected chi connectivity index (χ2v) is 7.54. The maximum atomic E-state index is 12.5. The van der Waals surface area contributed by atoms with Crippen molar-refractivity contribution in [2.45, 2.75) is 50.9 Å². The standard InChI is InChI=1S/C18H25N3O3.C2HF3O2/c1-13(22)20-11-18(23)21-8-6-17(24-12-14-4-5-14)16(21)9-15-3-2-7-19-10-15;3-2(4,5)1(6)7/h2-3,7,10,14,16-17H,4-6,8-9,11-12H2,1H3,(H,20,22);(H,6,7)/t16-,17-;/m0./s1. The van der Waals surface area contributed by atoms with Gasteiger partial charge in [-0.05, 0) is 43.2 Å². The zero-order valence-electron chi connectivity index (χ0n) is 17.1. The summed E-state index contributed by atoms with van der Waals surface area (Å²) in [5.41, 5.74) is 1.10. The van der Waals surface area contributed by atoms with Gasteiger partial charge in [0.1, 0.15) is 0 Å². The number of carbonyl (C=O) groups is 3. The number of alkyl halides is 3. The van der Waals surface area contributed by atoms with Gasteiger partial charge in [0.25, 0.3) is 0 Å². The lowest BCUT2D eigenvalue weighted by Gasteiger charge is -2.28. The molecule has 2 atom stereocenters. The third-order valence-corrected chi connectivity index (χ3v) is 4.95. The summed E-state index contributed by atoms with van der Waals surface area (Å²) in [4.78, 5) is 38.5. The number of pyridine rings is 1. The quantitative estimate of drug-likeness (QED) is 0.663. The lowest BCUT2D eigenvalue weighted by atomic mass is 10.0. The first kappa shape index (κ1) is 24.6. The summed E-state index contributed by atoms with van der Waals surface area (Å²) in [5.74, 6) is -2.29. The van der Waals surface area contributed by atoms with Crippen LogP contribution >= 0.6 is 0 Å². The molecule has 1 aromatic rings. The molecular weight excluding hydrogens is 419 g/mol. The van der Waals surface area contributed by atoms with Crippen LogP contribution in [-0.2, 0) is 25.5 Å². The Bertz CT molecular complexity index is 756. The monoisotopic (exact) mass is 445 g/mol. The Morgan fingerprint density at radius 3 is 2.48 bits per heavy atom. The van der Waals surface area contributed by atoms with Crippen molar-refractivity contribution in [3.05, 3.63) is 30.1 Å². The van der Waals surface area contributed by atoms with Crippen molar-refractivity contribution in [3.63, 3.8) is 0 Å². The Labute approximate surface area is 177 Å². The Hall–Kier alpha value is -2.69. The number of aliphatic carboxylic acids is 1. The average molecular weight is 445 g/mol. The van der Waals surface area contributed by atoms with E-state index >= 15 is 0 Å². The van der Waals surface area contributed by atoms with Crippen molar-refractivity contribution in [2.24, 2.45) is 5.92 Å². The van der Waals surface area contributed by atoms with Crippen LogP contribution in [0.25, 0.3) is 0 Å². The van der Waals surface area contributed by atoms with Gasteiger partial charge in [0.2, 0.25) is 11.8 Å². The van der Waals surface area contributed by atoms with E-state index in [9.17, 15) is 22.8 Å². The van der Waals surface area contributed by atoms with Gasteiger partial charge in [-0.1, -0.05) is 6.07 Å². The molecule has 0 radical (unpaired) electrons. The molecule has 1 aromatic heterocycles. The molecule has 1 aliphatic carbocycles. The number of hydrogen-bond donors (Lipinski definition) is 2. The van der Waals surface area contributed by atoms with E-state index in [1.54, 1.807) is 6.20 Å². The minimum absolute atomic E-state index is 0.00853. The van der Waals surface area contributed by atoms with Crippen LogP contribution in [0.5, 0.6) is 0 Å². The topological polar surface area (TPSA) is 109 Å². The predicted octanol–water partition coefficient (Wildman–Crippen LogP) is 1.79. The van der Waals surface area contributed by atoms with Gasteiger partial charge >= 0.3 is 12.1 Å². The van der Waals surface area contributed by atoms with Gasteiger partial charge in [0.05, 0.1) is 18.7 Å². The molecule has 2 heterocycles. The molecule has 1 saturated carbocycles. The summed E-state index contributed by atoms with van der Waals surface area (Å²) in [7, 11) is 0. The maximum absolute atomic E-state index is 12.5. The molecule has 1 saturated heterocycles. The van der Waals surface area contributed by atoms with E-state index in [2.05, 4.69) is 10.3 Å². The Balaban J connectivity index is 0.000000423. The fraction of sp³-hybridized carbons (Fsp3) is 0.600. The maximum Gasteiger partial charge on any atom is 0.490 e. The molecular formula is C20H26F3N3O5. The Kier molecular flexibility index (Phi) is 8.78. The SMILES string of the molecule is CC(=O)NCC(=O)N1CC[C@H](OCC2CC2)[C@@H]1Cc1cccnc1.O=C(O)C(F)(F)F. The molecule has 2 aliphatic rings. The Morgan fingerprint density at radius 2 is 1.97 bits per heavy atom. The van der Waals surface area contributed by atoms with Gasteiger partial charge in [-0.25, -0.2) is 4.79 Å². The van der Waals surface area contributed by atoms with Gasteiger partial charge in [-0.3, -0.25) is 14.6 Å². The second kappa shape index (κ2) is 11.1. The number of nitrogens with one attached hydrogen (secondary N) is 1. The molecule has 2 fully saturated rings. The molecule has 0 spiro atoms. The van der Waals surface area contributed by atoms with E-state index in [-0.39, 0.29) is 30.5 Å². The highest BCUT2D eigenvalue weighted by atomic mass is 19.4. The van der Waals surface area contributed by atoms with Crippen LogP contribution in [0, 0.1) is 5.92 Å². The summed E-state index contributed by atoms with van der Waals surface area (Å²) < 4.78 is 37.9. The lowest BCUT2D eigenvalue weighted by Crippen LogP contribution is -2.46. The number of likely N-dealkylation sites (tertiary alicyclic amines) is 1. The highest BCUT2D eigenvalue weighted by Gasteiger charge is 2.39. The van der Waals surface area contributed by atoms with Crippen molar-refractivity contribution in [2.75, 3.05) is 19.7 Å². The van der Waals surface area contributed by atoms with E-state index < -0.39 is 12.1 Å². The van der Waals surface area contributed by atoms with Crippen LogP contribution < -0.4 is 5.32 Å². The smallest absolute Gasteiger partial charge is 0.475 e. The lowest BCUT2D eigenvalue weighted by molar-refractivity contribution is -0.192. The van der Waals surface area contributed by atoms with E-state index in [1.165, 1.54) is 19.8 Å². The number of carbonyl (C=O) groups excluding carboxylic acids is 2. The molecule has 3 rings (SSSR count).